The van der Waals surface area contributed by atoms with Crippen LogP contribution < -0.4 is 0 Å². The molecule has 3 rings (SSSR count). The number of halogens is 2. The number of ketones is 2. The summed E-state index contributed by atoms with van der Waals surface area (Å²) in [6.07, 6.45) is 2.71. The maximum atomic E-state index is 12.8. The molecule has 1 aliphatic heterocycles. The van der Waals surface area contributed by atoms with Crippen LogP contribution in [0.1, 0.15) is 35.7 Å². The minimum absolute atomic E-state index is 0. The molecule has 150 valence electrons. The number of hydrogen-bond donors (Lipinski definition) is 0. The number of piperidine rings is 1. The van der Waals surface area contributed by atoms with Gasteiger partial charge in [0.1, 0.15) is 5.78 Å². The first kappa shape index (κ1) is 22.6. The molecule has 0 spiro atoms. The molecule has 3 nitrogen and oxygen atoms in total. The van der Waals surface area contributed by atoms with Gasteiger partial charge in [-0.3, -0.25) is 9.59 Å². The summed E-state index contributed by atoms with van der Waals surface area (Å²) in [7, 11) is 0. The number of hydrogen-bond acceptors (Lipinski definition) is 3. The van der Waals surface area contributed by atoms with Gasteiger partial charge in [0.25, 0.3) is 0 Å². The van der Waals surface area contributed by atoms with Gasteiger partial charge in [-0.2, -0.15) is 0 Å². The van der Waals surface area contributed by atoms with E-state index in [9.17, 15) is 9.59 Å². The summed E-state index contributed by atoms with van der Waals surface area (Å²) < 4.78 is 0. The summed E-state index contributed by atoms with van der Waals surface area (Å²) in [5.41, 5.74) is 1.90. The Kier molecular flexibility index (Phi) is 8.68. The second kappa shape index (κ2) is 10.8. The van der Waals surface area contributed by atoms with Crippen molar-refractivity contribution in [3.63, 3.8) is 0 Å². The van der Waals surface area contributed by atoms with Crippen molar-refractivity contribution in [3.05, 3.63) is 70.7 Å². The van der Waals surface area contributed by atoms with Crippen LogP contribution in [-0.2, 0) is 11.2 Å². The van der Waals surface area contributed by atoms with Crippen LogP contribution in [0.3, 0.4) is 0 Å². The van der Waals surface area contributed by atoms with Crippen molar-refractivity contribution in [2.24, 2.45) is 11.8 Å². The Morgan fingerprint density at radius 1 is 1.04 bits per heavy atom. The molecule has 1 atom stereocenters. The lowest BCUT2D eigenvalue weighted by Crippen LogP contribution is -2.39. The Labute approximate surface area is 178 Å². The smallest absolute Gasteiger partial charge is 0.173 e. The third kappa shape index (κ3) is 5.91. The van der Waals surface area contributed by atoms with Gasteiger partial charge in [-0.15, -0.1) is 12.4 Å². The molecule has 0 aromatic heterocycles. The number of likely N-dealkylation sites (tertiary alicyclic amines) is 1. The van der Waals surface area contributed by atoms with Crippen LogP contribution in [-0.4, -0.2) is 36.1 Å². The van der Waals surface area contributed by atoms with Crippen molar-refractivity contribution in [1.82, 2.24) is 4.90 Å². The van der Waals surface area contributed by atoms with Gasteiger partial charge in [0, 0.05) is 23.0 Å². The van der Waals surface area contributed by atoms with E-state index < -0.39 is 5.92 Å². The van der Waals surface area contributed by atoms with E-state index in [2.05, 4.69) is 29.2 Å². The van der Waals surface area contributed by atoms with Gasteiger partial charge in [-0.25, -0.2) is 0 Å². The van der Waals surface area contributed by atoms with Gasteiger partial charge in [0.2, 0.25) is 0 Å². The quantitative estimate of drug-likeness (QED) is 0.462. The Balaban J connectivity index is 0.00000280. The fourth-order valence-corrected chi connectivity index (χ4v) is 3.85. The lowest BCUT2D eigenvalue weighted by atomic mass is 9.83. The fourth-order valence-electron chi connectivity index (χ4n) is 3.72. The van der Waals surface area contributed by atoms with Crippen molar-refractivity contribution >= 4 is 35.6 Å². The normalized spacial score (nSPS) is 16.2. The molecule has 5 heteroatoms. The van der Waals surface area contributed by atoms with Gasteiger partial charge in [0.05, 0.1) is 5.92 Å². The van der Waals surface area contributed by atoms with Gasteiger partial charge >= 0.3 is 0 Å². The number of nitrogens with zero attached hydrogens (tertiary/aromatic N) is 1. The van der Waals surface area contributed by atoms with E-state index in [-0.39, 0.29) is 29.9 Å². The zero-order chi connectivity index (χ0) is 19.2. The Hall–Kier alpha value is -1.68. The van der Waals surface area contributed by atoms with Crippen LogP contribution in [0.2, 0.25) is 5.02 Å². The number of carbonyl (C=O) groups is 2. The highest BCUT2D eigenvalue weighted by Gasteiger charge is 2.31. The first-order valence-corrected chi connectivity index (χ1v) is 10.0. The number of rotatable bonds is 7. The van der Waals surface area contributed by atoms with E-state index in [0.29, 0.717) is 10.6 Å². The second-order valence-corrected chi connectivity index (χ2v) is 7.78. The second-order valence-electron chi connectivity index (χ2n) is 7.35. The summed E-state index contributed by atoms with van der Waals surface area (Å²) in [5, 5.41) is 0.591. The van der Waals surface area contributed by atoms with Crippen LogP contribution in [0.4, 0.5) is 0 Å². The number of benzene rings is 2. The van der Waals surface area contributed by atoms with Gasteiger partial charge in [-0.05, 0) is 69.1 Å². The van der Waals surface area contributed by atoms with E-state index >= 15 is 0 Å². The molecule has 1 unspecified atom stereocenters. The highest BCUT2D eigenvalue weighted by atomic mass is 35.5. The predicted molar refractivity (Wildman–Crippen MR) is 117 cm³/mol. The van der Waals surface area contributed by atoms with Gasteiger partial charge in [0.15, 0.2) is 5.78 Å². The number of Topliss-reactive ketones (excluding diaryl/α,β-unsaturated/α-hetero) is 2. The third-order valence-electron chi connectivity index (χ3n) is 5.50. The van der Waals surface area contributed by atoms with E-state index in [0.717, 1.165) is 38.9 Å². The number of carbonyl (C=O) groups excluding carboxylic acids is 2. The fraction of sp³-hybridized carbons (Fsp3) is 0.391. The highest BCUT2D eigenvalue weighted by Crippen LogP contribution is 2.24. The lowest BCUT2D eigenvalue weighted by molar-refractivity contribution is -0.126. The van der Waals surface area contributed by atoms with Crippen molar-refractivity contribution in [1.29, 1.82) is 0 Å². The minimum Gasteiger partial charge on any atom is -0.303 e. The maximum Gasteiger partial charge on any atom is 0.173 e. The van der Waals surface area contributed by atoms with E-state index in [1.165, 1.54) is 5.56 Å². The molecule has 2 aromatic rings. The Morgan fingerprint density at radius 2 is 1.64 bits per heavy atom. The van der Waals surface area contributed by atoms with Crippen LogP contribution in [0.5, 0.6) is 0 Å². The summed E-state index contributed by atoms with van der Waals surface area (Å²) in [6.45, 7) is 4.60. The molecule has 0 saturated carbocycles. The van der Waals surface area contributed by atoms with E-state index in [1.54, 1.807) is 31.2 Å². The molecule has 0 aliphatic carbocycles. The molecule has 1 heterocycles. The Bertz CT molecular complexity index is 769. The minimum atomic E-state index is -0.591. The first-order valence-electron chi connectivity index (χ1n) is 9.64. The molecule has 0 N–H and O–H groups in total. The van der Waals surface area contributed by atoms with E-state index in [4.69, 9.17) is 11.6 Å². The first-order chi connectivity index (χ1) is 13.0. The maximum absolute atomic E-state index is 12.8. The van der Waals surface area contributed by atoms with Crippen LogP contribution in [0.15, 0.2) is 54.6 Å². The molecule has 1 saturated heterocycles. The molecular weight excluding hydrogens is 393 g/mol. The molecular formula is C23H27Cl2NO2. The average Bonchev–Trinajstić information content (AvgIpc) is 2.72. The standard InChI is InChI=1S/C23H26ClNO2.ClH/c1-17(22(26)19-7-9-21(24)10-8-19)23(27)20-12-15-25(16-13-20)14-11-18-5-3-2-4-6-18;/h2-10,17,20H,11-16H2,1H3;1H. The van der Waals surface area contributed by atoms with E-state index in [1.807, 2.05) is 6.07 Å². The lowest BCUT2D eigenvalue weighted by Gasteiger charge is -2.32. The van der Waals surface area contributed by atoms with Gasteiger partial charge < -0.3 is 4.90 Å². The largest absolute Gasteiger partial charge is 0.303 e. The van der Waals surface area contributed by atoms with Crippen molar-refractivity contribution < 1.29 is 9.59 Å². The summed E-state index contributed by atoms with van der Waals surface area (Å²) in [6, 6.07) is 17.3. The van der Waals surface area contributed by atoms with Crippen molar-refractivity contribution in [2.75, 3.05) is 19.6 Å². The average molecular weight is 420 g/mol. The molecule has 1 fully saturated rings. The molecule has 0 amide bonds. The zero-order valence-corrected chi connectivity index (χ0v) is 17.7. The topological polar surface area (TPSA) is 37.4 Å². The molecule has 2 aromatic carbocycles. The SMILES string of the molecule is CC(C(=O)c1ccc(Cl)cc1)C(=O)C1CCN(CCc2ccccc2)CC1.Cl. The highest BCUT2D eigenvalue weighted by molar-refractivity contribution is 6.30. The Morgan fingerprint density at radius 3 is 2.25 bits per heavy atom. The summed E-state index contributed by atoms with van der Waals surface area (Å²) >= 11 is 5.88. The monoisotopic (exact) mass is 419 g/mol. The molecule has 0 bridgehead atoms. The summed E-state index contributed by atoms with van der Waals surface area (Å²) in [4.78, 5) is 27.8. The molecule has 1 aliphatic rings. The predicted octanol–water partition coefficient (Wildman–Crippen LogP) is 5.10. The molecule has 28 heavy (non-hydrogen) atoms. The zero-order valence-electron chi connectivity index (χ0n) is 16.1. The van der Waals surface area contributed by atoms with Crippen molar-refractivity contribution in [2.45, 2.75) is 26.2 Å². The summed E-state index contributed by atoms with van der Waals surface area (Å²) in [5.74, 6) is -0.628. The van der Waals surface area contributed by atoms with Gasteiger partial charge in [-0.1, -0.05) is 41.9 Å². The van der Waals surface area contributed by atoms with Crippen LogP contribution >= 0.6 is 24.0 Å². The van der Waals surface area contributed by atoms with Crippen LogP contribution in [0.25, 0.3) is 0 Å². The van der Waals surface area contributed by atoms with Crippen LogP contribution in [0, 0.1) is 11.8 Å². The molecule has 0 radical (unpaired) electrons. The van der Waals surface area contributed by atoms with Crippen molar-refractivity contribution in [3.8, 4) is 0 Å². The third-order valence-corrected chi connectivity index (χ3v) is 5.75.